The molecule has 0 saturated carbocycles. The van der Waals surface area contributed by atoms with Gasteiger partial charge < -0.3 is 10.4 Å². The van der Waals surface area contributed by atoms with Gasteiger partial charge in [0.1, 0.15) is 5.01 Å². The van der Waals surface area contributed by atoms with Crippen LogP contribution in [0.3, 0.4) is 0 Å². The first-order valence-electron chi connectivity index (χ1n) is 5.08. The maximum atomic E-state index is 11.7. The minimum atomic E-state index is -1.06. The molecule has 0 aliphatic heterocycles. The second-order valence-electron chi connectivity index (χ2n) is 3.52. The molecule has 18 heavy (non-hydrogen) atoms. The van der Waals surface area contributed by atoms with Crippen molar-refractivity contribution in [2.45, 2.75) is 13.5 Å². The van der Waals surface area contributed by atoms with Crippen LogP contribution in [0.2, 0.25) is 0 Å². The first kappa shape index (κ1) is 12.7. The zero-order valence-electron chi connectivity index (χ0n) is 9.47. The highest BCUT2D eigenvalue weighted by Gasteiger charge is 2.11. The molecule has 0 fully saturated rings. The molecule has 0 spiro atoms. The Kier molecular flexibility index (Phi) is 3.73. The van der Waals surface area contributed by atoms with Crippen molar-refractivity contribution in [3.63, 3.8) is 0 Å². The van der Waals surface area contributed by atoms with Crippen molar-refractivity contribution in [2.24, 2.45) is 0 Å². The number of carboxylic acids is 1. The number of nitrogens with zero attached hydrogens (tertiary/aromatic N) is 1. The van der Waals surface area contributed by atoms with E-state index in [9.17, 15) is 9.59 Å². The standard InChI is InChI=1S/C11H10N2O3S2/c1-6-2-3-8(18-6)10(14)12-4-9-13-7(5-17-9)11(15)16/h2-3,5H,4H2,1H3,(H,12,14)(H,15,16). The van der Waals surface area contributed by atoms with Crippen LogP contribution in [0.4, 0.5) is 0 Å². The molecule has 0 bridgehead atoms. The molecule has 0 saturated heterocycles. The van der Waals surface area contributed by atoms with Gasteiger partial charge in [-0.1, -0.05) is 0 Å². The third-order valence-corrected chi connectivity index (χ3v) is 3.98. The van der Waals surface area contributed by atoms with Gasteiger partial charge in [-0.15, -0.1) is 22.7 Å². The van der Waals surface area contributed by atoms with Crippen molar-refractivity contribution in [1.29, 1.82) is 0 Å². The van der Waals surface area contributed by atoms with E-state index in [1.54, 1.807) is 6.07 Å². The molecular formula is C11H10N2O3S2. The monoisotopic (exact) mass is 282 g/mol. The smallest absolute Gasteiger partial charge is 0.355 e. The molecule has 94 valence electrons. The van der Waals surface area contributed by atoms with Crippen LogP contribution in [-0.4, -0.2) is 22.0 Å². The van der Waals surface area contributed by atoms with Gasteiger partial charge in [0.15, 0.2) is 5.69 Å². The van der Waals surface area contributed by atoms with Crippen molar-refractivity contribution in [3.05, 3.63) is 38.0 Å². The number of aromatic carboxylic acids is 1. The summed E-state index contributed by atoms with van der Waals surface area (Å²) in [4.78, 5) is 28.0. The number of hydrogen-bond acceptors (Lipinski definition) is 5. The molecule has 2 aromatic heterocycles. The number of aryl methyl sites for hydroxylation is 1. The third kappa shape index (κ3) is 2.93. The Morgan fingerprint density at radius 1 is 1.44 bits per heavy atom. The number of carboxylic acid groups (broad SMARTS) is 1. The lowest BCUT2D eigenvalue weighted by Crippen LogP contribution is -2.21. The normalized spacial score (nSPS) is 10.3. The largest absolute Gasteiger partial charge is 0.476 e. The Morgan fingerprint density at radius 2 is 2.22 bits per heavy atom. The second-order valence-corrected chi connectivity index (χ2v) is 5.76. The lowest BCUT2D eigenvalue weighted by atomic mass is 10.4. The van der Waals surface area contributed by atoms with Crippen LogP contribution in [0.1, 0.15) is 30.0 Å². The Bertz CT molecular complexity index is 589. The van der Waals surface area contributed by atoms with Gasteiger partial charge in [-0.25, -0.2) is 9.78 Å². The first-order valence-corrected chi connectivity index (χ1v) is 6.78. The SMILES string of the molecule is Cc1ccc(C(=O)NCc2nc(C(=O)O)cs2)s1. The maximum Gasteiger partial charge on any atom is 0.355 e. The van der Waals surface area contributed by atoms with E-state index in [1.807, 2.05) is 13.0 Å². The van der Waals surface area contributed by atoms with Crippen LogP contribution in [0, 0.1) is 6.92 Å². The number of hydrogen-bond donors (Lipinski definition) is 2. The number of thiophene rings is 1. The van der Waals surface area contributed by atoms with E-state index in [0.717, 1.165) is 4.88 Å². The van der Waals surface area contributed by atoms with Crippen molar-refractivity contribution < 1.29 is 14.7 Å². The van der Waals surface area contributed by atoms with Gasteiger partial charge in [0, 0.05) is 10.3 Å². The van der Waals surface area contributed by atoms with E-state index in [0.29, 0.717) is 9.88 Å². The highest BCUT2D eigenvalue weighted by molar-refractivity contribution is 7.14. The number of thiazole rings is 1. The third-order valence-electron chi connectivity index (χ3n) is 2.14. The Labute approximate surface area is 111 Å². The minimum Gasteiger partial charge on any atom is -0.476 e. The van der Waals surface area contributed by atoms with Crippen molar-refractivity contribution in [1.82, 2.24) is 10.3 Å². The molecule has 0 unspecified atom stereocenters. The Morgan fingerprint density at radius 3 is 2.78 bits per heavy atom. The average molecular weight is 282 g/mol. The zero-order valence-corrected chi connectivity index (χ0v) is 11.1. The van der Waals surface area contributed by atoms with Gasteiger partial charge >= 0.3 is 5.97 Å². The summed E-state index contributed by atoms with van der Waals surface area (Å²) in [6, 6.07) is 3.64. The Hall–Kier alpha value is -1.73. The fourth-order valence-corrected chi connectivity index (χ4v) is 2.78. The Balaban J connectivity index is 1.95. The number of amides is 1. The number of nitrogens with one attached hydrogen (secondary N) is 1. The molecule has 2 aromatic rings. The number of carbonyl (C=O) groups excluding carboxylic acids is 1. The van der Waals surface area contributed by atoms with Gasteiger partial charge in [0.2, 0.25) is 0 Å². The molecule has 7 heteroatoms. The summed E-state index contributed by atoms with van der Waals surface area (Å²) in [7, 11) is 0. The molecular weight excluding hydrogens is 272 g/mol. The van der Waals surface area contributed by atoms with Crippen LogP contribution >= 0.6 is 22.7 Å². The molecule has 0 atom stereocenters. The summed E-state index contributed by atoms with van der Waals surface area (Å²) in [5.74, 6) is -1.22. The molecule has 2 heterocycles. The highest BCUT2D eigenvalue weighted by Crippen LogP contribution is 2.15. The topological polar surface area (TPSA) is 79.3 Å². The molecule has 2 rings (SSSR count). The summed E-state index contributed by atoms with van der Waals surface area (Å²) in [5, 5.41) is 13.5. The number of rotatable bonds is 4. The van der Waals surface area contributed by atoms with Crippen LogP contribution in [0.15, 0.2) is 17.5 Å². The molecule has 5 nitrogen and oxygen atoms in total. The second kappa shape index (κ2) is 5.28. The number of aromatic nitrogens is 1. The van der Waals surface area contributed by atoms with E-state index in [-0.39, 0.29) is 18.1 Å². The predicted molar refractivity (Wildman–Crippen MR) is 69.3 cm³/mol. The quantitative estimate of drug-likeness (QED) is 0.900. The summed E-state index contributed by atoms with van der Waals surface area (Å²) in [6.07, 6.45) is 0. The van der Waals surface area contributed by atoms with Crippen LogP contribution in [-0.2, 0) is 6.54 Å². The lowest BCUT2D eigenvalue weighted by molar-refractivity contribution is 0.0691. The van der Waals surface area contributed by atoms with Crippen LogP contribution in [0.5, 0.6) is 0 Å². The summed E-state index contributed by atoms with van der Waals surface area (Å²) >= 11 is 2.63. The highest BCUT2D eigenvalue weighted by atomic mass is 32.1. The summed E-state index contributed by atoms with van der Waals surface area (Å²) < 4.78 is 0. The van der Waals surface area contributed by atoms with Crippen LogP contribution in [0.25, 0.3) is 0 Å². The molecule has 0 aromatic carbocycles. The zero-order chi connectivity index (χ0) is 13.1. The van der Waals surface area contributed by atoms with Crippen LogP contribution < -0.4 is 5.32 Å². The minimum absolute atomic E-state index is 0.0104. The first-order chi connectivity index (χ1) is 8.56. The van der Waals surface area contributed by atoms with E-state index in [1.165, 1.54) is 28.1 Å². The molecule has 0 aliphatic carbocycles. The fourth-order valence-electron chi connectivity index (χ4n) is 1.29. The summed E-state index contributed by atoms with van der Waals surface area (Å²) in [5.41, 5.74) is 0.0104. The van der Waals surface area contributed by atoms with Gasteiger partial charge in [-0.05, 0) is 19.1 Å². The van der Waals surface area contributed by atoms with Crippen molar-refractivity contribution in [2.75, 3.05) is 0 Å². The van der Waals surface area contributed by atoms with Crippen molar-refractivity contribution >= 4 is 34.6 Å². The predicted octanol–water partition coefficient (Wildman–Crippen LogP) is 2.14. The van der Waals surface area contributed by atoms with Gasteiger partial charge in [-0.3, -0.25) is 4.79 Å². The molecule has 1 amide bonds. The van der Waals surface area contributed by atoms with Crippen molar-refractivity contribution in [3.8, 4) is 0 Å². The lowest BCUT2D eigenvalue weighted by Gasteiger charge is -1.99. The molecule has 2 N–H and O–H groups in total. The summed E-state index contributed by atoms with van der Waals surface area (Å²) in [6.45, 7) is 2.18. The number of carbonyl (C=O) groups is 2. The maximum absolute atomic E-state index is 11.7. The van der Waals surface area contributed by atoms with Gasteiger partial charge in [0.25, 0.3) is 5.91 Å². The van der Waals surface area contributed by atoms with E-state index >= 15 is 0 Å². The van der Waals surface area contributed by atoms with Gasteiger partial charge in [0.05, 0.1) is 11.4 Å². The van der Waals surface area contributed by atoms with E-state index < -0.39 is 5.97 Å². The average Bonchev–Trinajstić information content (AvgIpc) is 2.94. The van der Waals surface area contributed by atoms with E-state index in [2.05, 4.69) is 10.3 Å². The fraction of sp³-hybridized carbons (Fsp3) is 0.182. The van der Waals surface area contributed by atoms with Gasteiger partial charge in [-0.2, -0.15) is 0 Å². The van der Waals surface area contributed by atoms with E-state index in [4.69, 9.17) is 5.11 Å². The molecule has 0 radical (unpaired) electrons. The molecule has 0 aliphatic rings.